The van der Waals surface area contributed by atoms with E-state index in [9.17, 15) is 0 Å². The molecule has 0 fully saturated rings. The molecule has 0 saturated carbocycles. The zero-order valence-electron chi connectivity index (χ0n) is 37.5. The predicted molar refractivity (Wildman–Crippen MR) is 279 cm³/mol. The number of hydrogen-bond acceptors (Lipinski definition) is 2. The van der Waals surface area contributed by atoms with Crippen molar-refractivity contribution in [3.05, 3.63) is 228 Å². The van der Waals surface area contributed by atoms with Crippen LogP contribution in [0.4, 0.5) is 17.1 Å². The Morgan fingerprint density at radius 2 is 0.844 bits per heavy atom. The van der Waals surface area contributed by atoms with Crippen LogP contribution in [0.5, 0.6) is 0 Å². The lowest BCUT2D eigenvalue weighted by Gasteiger charge is -2.45. The number of rotatable bonds is 7. The Labute approximate surface area is 380 Å². The summed E-state index contributed by atoms with van der Waals surface area (Å²) in [7, 11) is -2.88. The highest BCUT2D eigenvalue weighted by molar-refractivity contribution is 7.20. The van der Waals surface area contributed by atoms with Gasteiger partial charge in [-0.1, -0.05) is 208 Å². The number of hydrogen-bond donors (Lipinski definition) is 0. The zero-order valence-corrected chi connectivity index (χ0v) is 38.5. The molecule has 0 N–H and O–H groups in total. The first-order valence-corrected chi connectivity index (χ1v) is 24.7. The Morgan fingerprint density at radius 1 is 0.391 bits per heavy atom. The number of aryl methyl sites for hydroxylation is 6. The summed E-state index contributed by atoms with van der Waals surface area (Å²) in [5.41, 5.74) is 21.9. The smallest absolute Gasteiger partial charge is 0.247 e. The Morgan fingerprint density at radius 3 is 1.34 bits per heavy atom. The Balaban J connectivity index is 1.30. The first-order valence-electron chi connectivity index (χ1n) is 22.7. The number of anilines is 3. The molecule has 8 aromatic carbocycles. The van der Waals surface area contributed by atoms with E-state index in [1.165, 1.54) is 104 Å². The second-order valence-electron chi connectivity index (χ2n) is 18.2. The molecule has 5 heteroatoms. The molecule has 11 rings (SSSR count). The van der Waals surface area contributed by atoms with E-state index in [4.69, 9.17) is 4.98 Å². The first kappa shape index (κ1) is 39.9. The molecule has 2 aliphatic heterocycles. The van der Waals surface area contributed by atoms with Crippen molar-refractivity contribution < 1.29 is 0 Å². The number of aromatic nitrogens is 1. The number of nitrogens with zero attached hydrogens (tertiary/aromatic N) is 2. The summed E-state index contributed by atoms with van der Waals surface area (Å²) in [6.45, 7) is 13.7. The maximum atomic E-state index is 5.03. The Bertz CT molecular complexity index is 3100. The van der Waals surface area contributed by atoms with Gasteiger partial charge in [-0.3, -0.25) is 4.98 Å². The second-order valence-corrected chi connectivity index (χ2v) is 22.0. The molecule has 0 amide bonds. The van der Waals surface area contributed by atoms with Gasteiger partial charge in [0.2, 0.25) is 13.4 Å². The van der Waals surface area contributed by atoms with Crippen LogP contribution < -0.4 is 58.4 Å². The summed E-state index contributed by atoms with van der Waals surface area (Å²) >= 11 is 0. The average molecular weight is 837 g/mol. The molecule has 3 heterocycles. The molecule has 306 valence electrons. The summed E-state index contributed by atoms with van der Waals surface area (Å²) in [4.78, 5) is 7.65. The van der Waals surface area contributed by atoms with Gasteiger partial charge in [0.15, 0.2) is 8.07 Å². The molecule has 0 atom stereocenters. The van der Waals surface area contributed by atoms with Gasteiger partial charge in [-0.05, 0) is 114 Å². The van der Waals surface area contributed by atoms with Crippen LogP contribution in [0.15, 0.2) is 194 Å². The van der Waals surface area contributed by atoms with Gasteiger partial charge in [-0.25, -0.2) is 0 Å². The molecule has 0 saturated heterocycles. The molecular weight excluding hydrogens is 786 g/mol. The van der Waals surface area contributed by atoms with Crippen molar-refractivity contribution in [2.75, 3.05) is 4.90 Å². The standard InChI is InChI=1S/C59H50B2N2Si/c1-39-32-41(3)57(42(4)33-39)60-50-26-16-17-28-55(50)63-56-30-29-49(64(46-20-10-7-11-21-46,47-22-12-8-13-23-47)48-24-14-9-15-25-48)38-51(56)61(58-43(5)34-40(2)35-44(58)6)53-37-45(36-52(60)59(53)63)54-27-18-19-31-62-54/h7-38H,1-6H3. The highest BCUT2D eigenvalue weighted by atomic mass is 28.3. The molecule has 2 nitrogen and oxygen atoms in total. The van der Waals surface area contributed by atoms with Gasteiger partial charge in [-0.15, -0.1) is 0 Å². The lowest BCUT2D eigenvalue weighted by Crippen LogP contribution is -2.75. The second kappa shape index (κ2) is 15.7. The molecule has 0 unspecified atom stereocenters. The van der Waals surface area contributed by atoms with E-state index in [0.29, 0.717) is 0 Å². The van der Waals surface area contributed by atoms with E-state index >= 15 is 0 Å². The number of fused-ring (bicyclic) bond motifs is 4. The normalized spacial score (nSPS) is 12.8. The van der Waals surface area contributed by atoms with E-state index in [0.717, 1.165) is 11.3 Å². The maximum absolute atomic E-state index is 5.03. The zero-order chi connectivity index (χ0) is 43.7. The summed E-state index contributed by atoms with van der Waals surface area (Å²) in [5.74, 6) is 0. The lowest BCUT2D eigenvalue weighted by atomic mass is 9.29. The van der Waals surface area contributed by atoms with Crippen molar-refractivity contribution in [2.24, 2.45) is 0 Å². The molecule has 2 aliphatic rings. The summed E-state index contributed by atoms with van der Waals surface area (Å²) in [6.07, 6.45) is 1.93. The van der Waals surface area contributed by atoms with Crippen LogP contribution in [0, 0.1) is 41.5 Å². The van der Waals surface area contributed by atoms with Gasteiger partial charge in [-0.2, -0.15) is 0 Å². The lowest BCUT2D eigenvalue weighted by molar-refractivity contribution is 1.29. The third kappa shape index (κ3) is 6.20. The minimum Gasteiger partial charge on any atom is -0.313 e. The fourth-order valence-electron chi connectivity index (χ4n) is 11.9. The molecule has 0 radical (unpaired) electrons. The van der Waals surface area contributed by atoms with Crippen molar-refractivity contribution in [1.29, 1.82) is 0 Å². The minimum atomic E-state index is -2.88. The van der Waals surface area contributed by atoms with Gasteiger partial charge in [0.05, 0.1) is 5.69 Å². The largest absolute Gasteiger partial charge is 0.313 e. The topological polar surface area (TPSA) is 16.1 Å². The minimum absolute atomic E-state index is 0.0291. The molecule has 1 aromatic heterocycles. The van der Waals surface area contributed by atoms with E-state index in [2.05, 4.69) is 228 Å². The van der Waals surface area contributed by atoms with Gasteiger partial charge in [0.1, 0.15) is 0 Å². The van der Waals surface area contributed by atoms with Gasteiger partial charge >= 0.3 is 0 Å². The summed E-state index contributed by atoms with van der Waals surface area (Å²) < 4.78 is 0. The van der Waals surface area contributed by atoms with E-state index in [-0.39, 0.29) is 13.4 Å². The third-order valence-corrected chi connectivity index (χ3v) is 18.9. The first-order chi connectivity index (χ1) is 31.2. The van der Waals surface area contributed by atoms with Crippen LogP contribution >= 0.6 is 0 Å². The SMILES string of the molecule is Cc1cc(C)c(B2c3ccccc3N3c4ccc([Si](c5ccccc5)(c5ccccc5)c5ccccc5)cc4B(c4c(C)cc(C)cc4C)c4cc(-c5ccccn5)cc2c43)c(C)c1. The maximum Gasteiger partial charge on any atom is 0.247 e. The van der Waals surface area contributed by atoms with E-state index in [1.54, 1.807) is 0 Å². The molecule has 0 aliphatic carbocycles. The fraction of sp³-hybridized carbons (Fsp3) is 0.102. The van der Waals surface area contributed by atoms with E-state index in [1.807, 2.05) is 12.3 Å². The predicted octanol–water partition coefficient (Wildman–Crippen LogP) is 7.11. The Kier molecular flexibility index (Phi) is 9.78. The molecule has 9 aromatic rings. The van der Waals surface area contributed by atoms with Crippen molar-refractivity contribution in [1.82, 2.24) is 4.98 Å². The van der Waals surface area contributed by atoms with Crippen molar-refractivity contribution in [3.8, 4) is 11.3 Å². The van der Waals surface area contributed by atoms with E-state index < -0.39 is 8.07 Å². The van der Waals surface area contributed by atoms with Crippen LogP contribution in [0.2, 0.25) is 0 Å². The highest BCUT2D eigenvalue weighted by Gasteiger charge is 2.47. The number of para-hydroxylation sites is 1. The van der Waals surface area contributed by atoms with Gasteiger partial charge in [0.25, 0.3) is 0 Å². The molecule has 0 spiro atoms. The van der Waals surface area contributed by atoms with Crippen LogP contribution in [-0.4, -0.2) is 26.5 Å². The number of benzene rings is 8. The van der Waals surface area contributed by atoms with Crippen molar-refractivity contribution >= 4 is 92.1 Å². The van der Waals surface area contributed by atoms with Gasteiger partial charge in [0, 0.05) is 23.3 Å². The van der Waals surface area contributed by atoms with Crippen molar-refractivity contribution in [3.63, 3.8) is 0 Å². The van der Waals surface area contributed by atoms with Crippen LogP contribution in [0.25, 0.3) is 11.3 Å². The van der Waals surface area contributed by atoms with Crippen LogP contribution in [-0.2, 0) is 0 Å². The molecule has 0 bridgehead atoms. The van der Waals surface area contributed by atoms with Crippen LogP contribution in [0.1, 0.15) is 33.4 Å². The van der Waals surface area contributed by atoms with Gasteiger partial charge < -0.3 is 4.90 Å². The Hall–Kier alpha value is -6.94. The average Bonchev–Trinajstić information content (AvgIpc) is 3.31. The summed E-state index contributed by atoms with van der Waals surface area (Å²) in [5, 5.41) is 5.49. The quantitative estimate of drug-likeness (QED) is 0.126. The molecular formula is C59H50B2N2Si. The van der Waals surface area contributed by atoms with Crippen molar-refractivity contribution in [2.45, 2.75) is 41.5 Å². The number of pyridine rings is 1. The highest BCUT2D eigenvalue weighted by Crippen LogP contribution is 2.39. The third-order valence-electron chi connectivity index (χ3n) is 14.2. The fourth-order valence-corrected chi connectivity index (χ4v) is 16.7. The van der Waals surface area contributed by atoms with Crippen LogP contribution in [0.3, 0.4) is 0 Å². The summed E-state index contributed by atoms with van der Waals surface area (Å²) in [6, 6.07) is 71.6. The monoisotopic (exact) mass is 836 g/mol. The molecule has 64 heavy (non-hydrogen) atoms.